The monoisotopic (exact) mass is 519 g/mol. The van der Waals surface area contributed by atoms with Gasteiger partial charge in [-0.2, -0.15) is 13.2 Å². The van der Waals surface area contributed by atoms with E-state index in [2.05, 4.69) is 15.6 Å². The molecule has 0 saturated heterocycles. The van der Waals surface area contributed by atoms with E-state index in [0.29, 0.717) is 25.1 Å². The van der Waals surface area contributed by atoms with Gasteiger partial charge in [-0.15, -0.1) is 24.0 Å². The normalized spacial score (nSPS) is 15.7. The van der Waals surface area contributed by atoms with Crippen molar-refractivity contribution >= 4 is 29.9 Å². The van der Waals surface area contributed by atoms with Crippen LogP contribution in [0.25, 0.3) is 0 Å². The minimum absolute atomic E-state index is 0. The highest BCUT2D eigenvalue weighted by Crippen LogP contribution is 2.32. The first kappa shape index (κ1) is 24.9. The Labute approximate surface area is 179 Å². The van der Waals surface area contributed by atoms with Gasteiger partial charge in [-0.25, -0.2) is 9.38 Å². The summed E-state index contributed by atoms with van der Waals surface area (Å²) in [5.74, 6) is -0.0897. The van der Waals surface area contributed by atoms with E-state index in [1.165, 1.54) is 0 Å². The van der Waals surface area contributed by atoms with Gasteiger partial charge in [0.15, 0.2) is 5.96 Å². The van der Waals surface area contributed by atoms with Crippen LogP contribution in [-0.2, 0) is 17.5 Å². The van der Waals surface area contributed by atoms with Crippen molar-refractivity contribution in [3.05, 3.63) is 35.1 Å². The zero-order valence-electron chi connectivity index (χ0n) is 15.6. The molecule has 1 atom stereocenters. The lowest BCUT2D eigenvalue weighted by Crippen LogP contribution is -2.42. The fraction of sp³-hybridized carbons (Fsp3) is 0.611. The number of nitrogens with zero attached hydrogens (tertiary/aromatic N) is 1. The molecule has 0 radical (unpaired) electrons. The molecule has 2 rings (SSSR count). The van der Waals surface area contributed by atoms with Crippen LogP contribution in [-0.4, -0.2) is 43.5 Å². The van der Waals surface area contributed by atoms with Crippen molar-refractivity contribution in [3.63, 3.8) is 0 Å². The highest BCUT2D eigenvalue weighted by atomic mass is 127. The maximum Gasteiger partial charge on any atom is 0.416 e. The van der Waals surface area contributed by atoms with Crippen molar-refractivity contribution in [3.8, 4) is 0 Å². The largest absolute Gasteiger partial charge is 0.416 e. The van der Waals surface area contributed by atoms with Gasteiger partial charge in [-0.1, -0.05) is 6.07 Å². The third-order valence-corrected chi connectivity index (χ3v) is 3.99. The van der Waals surface area contributed by atoms with E-state index in [4.69, 9.17) is 4.74 Å². The molecule has 0 heterocycles. The Kier molecular flexibility index (Phi) is 10.5. The molecule has 1 aliphatic carbocycles. The molecule has 160 valence electrons. The van der Waals surface area contributed by atoms with Gasteiger partial charge in [0.1, 0.15) is 5.82 Å². The summed E-state index contributed by atoms with van der Waals surface area (Å²) >= 11 is 0. The number of benzene rings is 1. The highest BCUT2D eigenvalue weighted by molar-refractivity contribution is 14.0. The third kappa shape index (κ3) is 8.91. The number of alkyl halides is 3. The molecule has 0 bridgehead atoms. The second kappa shape index (κ2) is 11.8. The van der Waals surface area contributed by atoms with Crippen molar-refractivity contribution < 1.29 is 27.4 Å². The molecule has 0 spiro atoms. The number of nitrogens with one attached hydrogen (secondary N) is 2. The summed E-state index contributed by atoms with van der Waals surface area (Å²) in [6.45, 7) is 2.99. The zero-order chi connectivity index (χ0) is 19.9. The summed E-state index contributed by atoms with van der Waals surface area (Å²) in [5.41, 5.74) is -1.18. The van der Waals surface area contributed by atoms with Gasteiger partial charge in [-0.05, 0) is 43.4 Å². The van der Waals surface area contributed by atoms with Gasteiger partial charge >= 0.3 is 6.18 Å². The lowest BCUT2D eigenvalue weighted by molar-refractivity contribution is -0.138. The Morgan fingerprint density at radius 1 is 1.32 bits per heavy atom. The summed E-state index contributed by atoms with van der Waals surface area (Å²) in [6.07, 6.45) is -3.10. The molecule has 0 amide bonds. The number of rotatable bonds is 9. The highest BCUT2D eigenvalue weighted by Gasteiger charge is 2.33. The molecule has 1 fully saturated rings. The minimum Gasteiger partial charge on any atom is -0.389 e. The van der Waals surface area contributed by atoms with E-state index in [0.717, 1.165) is 25.0 Å². The first-order valence-corrected chi connectivity index (χ1v) is 8.93. The molecule has 1 saturated carbocycles. The Hall–Kier alpha value is -1.14. The van der Waals surface area contributed by atoms with Crippen molar-refractivity contribution in [2.24, 2.45) is 10.9 Å². The maximum atomic E-state index is 13.2. The van der Waals surface area contributed by atoms with E-state index in [1.807, 2.05) is 6.92 Å². The second-order valence-corrected chi connectivity index (χ2v) is 6.51. The van der Waals surface area contributed by atoms with Gasteiger partial charge in [0, 0.05) is 19.7 Å². The van der Waals surface area contributed by atoms with Crippen LogP contribution in [0.4, 0.5) is 17.6 Å². The fourth-order valence-electron chi connectivity index (χ4n) is 2.39. The molecule has 1 aromatic rings. The molecule has 0 aliphatic heterocycles. The van der Waals surface area contributed by atoms with Crippen molar-refractivity contribution in [1.82, 2.24) is 10.6 Å². The van der Waals surface area contributed by atoms with Gasteiger partial charge < -0.3 is 20.5 Å². The van der Waals surface area contributed by atoms with Crippen LogP contribution < -0.4 is 10.6 Å². The number of aliphatic imine (C=N–C) groups is 1. The molecular weight excluding hydrogens is 493 g/mol. The van der Waals surface area contributed by atoms with Crippen molar-refractivity contribution in [1.29, 1.82) is 0 Å². The van der Waals surface area contributed by atoms with Gasteiger partial charge in [-0.3, -0.25) is 0 Å². The number of guanidine groups is 1. The van der Waals surface area contributed by atoms with Gasteiger partial charge in [0.2, 0.25) is 0 Å². The van der Waals surface area contributed by atoms with E-state index in [9.17, 15) is 22.7 Å². The Balaban J connectivity index is 0.00000392. The number of ether oxygens (including phenoxy) is 1. The fourth-order valence-corrected chi connectivity index (χ4v) is 2.39. The summed E-state index contributed by atoms with van der Waals surface area (Å²) in [6, 6.07) is 2.51. The van der Waals surface area contributed by atoms with Crippen LogP contribution >= 0.6 is 24.0 Å². The predicted octanol–water partition coefficient (Wildman–Crippen LogP) is 3.31. The number of hydrogen-bond acceptors (Lipinski definition) is 3. The topological polar surface area (TPSA) is 65.9 Å². The molecule has 1 unspecified atom stereocenters. The number of aliphatic hydroxyl groups excluding tert-OH is 1. The Bertz CT molecular complexity index is 640. The maximum absolute atomic E-state index is 13.2. The van der Waals surface area contributed by atoms with E-state index in [1.54, 1.807) is 0 Å². The van der Waals surface area contributed by atoms with Crippen LogP contribution in [0.3, 0.4) is 0 Å². The van der Waals surface area contributed by atoms with E-state index < -0.39 is 23.7 Å². The first-order valence-electron chi connectivity index (χ1n) is 8.93. The van der Waals surface area contributed by atoms with Crippen LogP contribution in [0.15, 0.2) is 23.2 Å². The summed E-state index contributed by atoms with van der Waals surface area (Å²) in [5, 5.41) is 15.7. The average molecular weight is 519 g/mol. The average Bonchev–Trinajstić information content (AvgIpc) is 3.41. The number of hydrogen-bond donors (Lipinski definition) is 3. The standard InChI is InChI=1S/C18H25F4N3O2.HI/c1-2-23-17(25-9-15(26)11-27-10-12-3-4-12)24-8-13-5-6-14(19)7-16(13)18(20,21)22;/h5-7,12,15,26H,2-4,8-11H2,1H3,(H2,23,24,25);1H. The summed E-state index contributed by atoms with van der Waals surface area (Å²) in [4.78, 5) is 4.10. The van der Waals surface area contributed by atoms with E-state index >= 15 is 0 Å². The van der Waals surface area contributed by atoms with Crippen LogP contribution in [0.2, 0.25) is 0 Å². The second-order valence-electron chi connectivity index (χ2n) is 6.51. The molecule has 0 aromatic heterocycles. The third-order valence-electron chi connectivity index (χ3n) is 3.99. The lowest BCUT2D eigenvalue weighted by Gasteiger charge is -2.16. The molecule has 5 nitrogen and oxygen atoms in total. The molecule has 10 heteroatoms. The number of halogens is 5. The van der Waals surface area contributed by atoms with Crippen molar-refractivity contribution in [2.45, 2.75) is 38.6 Å². The molecule has 3 N–H and O–H groups in total. The van der Waals surface area contributed by atoms with Crippen LogP contribution in [0.5, 0.6) is 0 Å². The first-order chi connectivity index (χ1) is 12.8. The predicted molar refractivity (Wildman–Crippen MR) is 109 cm³/mol. The number of aliphatic hydroxyl groups is 1. The molecular formula is C18H26F4IN3O2. The zero-order valence-corrected chi connectivity index (χ0v) is 17.9. The molecule has 1 aromatic carbocycles. The van der Waals surface area contributed by atoms with Gasteiger partial charge in [0.05, 0.1) is 24.8 Å². The lowest BCUT2D eigenvalue weighted by atomic mass is 10.1. The minimum atomic E-state index is -4.66. The quantitative estimate of drug-likeness (QED) is 0.203. The Morgan fingerprint density at radius 2 is 2.04 bits per heavy atom. The van der Waals surface area contributed by atoms with E-state index in [-0.39, 0.29) is 55.2 Å². The van der Waals surface area contributed by atoms with Crippen molar-refractivity contribution in [2.75, 3.05) is 26.3 Å². The molecule has 28 heavy (non-hydrogen) atoms. The summed E-state index contributed by atoms with van der Waals surface area (Å²) in [7, 11) is 0. The molecule has 1 aliphatic rings. The van der Waals surface area contributed by atoms with Crippen LogP contribution in [0, 0.1) is 11.7 Å². The Morgan fingerprint density at radius 3 is 2.64 bits per heavy atom. The summed E-state index contributed by atoms with van der Waals surface area (Å²) < 4.78 is 57.7. The van der Waals surface area contributed by atoms with Crippen LogP contribution in [0.1, 0.15) is 30.9 Å². The van der Waals surface area contributed by atoms with Gasteiger partial charge in [0.25, 0.3) is 0 Å². The smallest absolute Gasteiger partial charge is 0.389 e. The SMILES string of the molecule is CCNC(=NCc1ccc(F)cc1C(F)(F)F)NCC(O)COCC1CC1.I.